The molecule has 0 saturated carbocycles. The predicted octanol–water partition coefficient (Wildman–Crippen LogP) is 21.7. The Kier molecular flexibility index (Phi) is 11.6. The number of hydrogen-bond acceptors (Lipinski definition) is 1. The molecule has 0 N–H and O–H groups in total. The van der Waals surface area contributed by atoms with Gasteiger partial charge in [-0.25, -0.2) is 0 Å². The maximum Gasteiger partial charge on any atom is 0.0543 e. The first-order valence-corrected chi connectivity index (χ1v) is 27.7. The summed E-state index contributed by atoms with van der Waals surface area (Å²) in [6.07, 6.45) is 0. The summed E-state index contributed by atoms with van der Waals surface area (Å²) in [5.41, 5.74) is 20.3. The van der Waals surface area contributed by atoms with Crippen molar-refractivity contribution >= 4 is 71.2 Å². The second kappa shape index (κ2) is 18.5. The van der Waals surface area contributed by atoms with Crippen LogP contribution in [-0.4, -0.2) is 4.57 Å². The molecule has 1 aromatic heterocycles. The van der Waals surface area contributed by atoms with Crippen molar-refractivity contribution in [3.05, 3.63) is 253 Å². The van der Waals surface area contributed by atoms with Gasteiger partial charge in [0.05, 0.1) is 28.1 Å². The van der Waals surface area contributed by atoms with E-state index in [2.05, 4.69) is 308 Å². The van der Waals surface area contributed by atoms with E-state index in [0.29, 0.717) is 0 Å². The normalized spacial score (nSPS) is 12.4. The van der Waals surface area contributed by atoms with Gasteiger partial charge in [0.25, 0.3) is 0 Å². The Morgan fingerprint density at radius 3 is 1.50 bits per heavy atom. The summed E-state index contributed by atoms with van der Waals surface area (Å²) in [6, 6.07) is 89.3. The van der Waals surface area contributed by atoms with Gasteiger partial charge in [-0.2, -0.15) is 0 Å². The van der Waals surface area contributed by atoms with Gasteiger partial charge in [-0.3, -0.25) is 0 Å². The number of hydrogen-bond donors (Lipinski definition) is 0. The molecule has 0 aliphatic heterocycles. The molecule has 78 heavy (non-hydrogen) atoms. The molecule has 13 aromatic rings. The van der Waals surface area contributed by atoms with Crippen LogP contribution in [-0.2, 0) is 16.2 Å². The van der Waals surface area contributed by atoms with Crippen LogP contribution >= 0.6 is 0 Å². The smallest absolute Gasteiger partial charge is 0.0543 e. The summed E-state index contributed by atoms with van der Waals surface area (Å²) in [7, 11) is 0. The zero-order valence-electron chi connectivity index (χ0n) is 46.4. The Balaban J connectivity index is 1.09. The molecule has 0 radical (unpaired) electrons. The van der Waals surface area contributed by atoms with Gasteiger partial charge in [-0.1, -0.05) is 250 Å². The molecule has 380 valence electrons. The molecule has 12 aromatic carbocycles. The molecule has 0 amide bonds. The molecular formula is C76H66N2. The van der Waals surface area contributed by atoms with Crippen molar-refractivity contribution in [3.63, 3.8) is 0 Å². The molecular weight excluding hydrogens is 941 g/mol. The van der Waals surface area contributed by atoms with Crippen LogP contribution in [0.2, 0.25) is 0 Å². The van der Waals surface area contributed by atoms with Crippen LogP contribution in [0.15, 0.2) is 237 Å². The molecule has 0 fully saturated rings. The highest BCUT2D eigenvalue weighted by Crippen LogP contribution is 2.50. The highest BCUT2D eigenvalue weighted by molar-refractivity contribution is 6.27. The first-order valence-electron chi connectivity index (χ1n) is 27.7. The van der Waals surface area contributed by atoms with Gasteiger partial charge in [0.15, 0.2) is 0 Å². The Bertz CT molecular complexity index is 4360. The fraction of sp³-hybridized carbons (Fsp3) is 0.158. The third-order valence-corrected chi connectivity index (χ3v) is 16.4. The molecule has 0 bridgehead atoms. The average molecular weight is 1010 g/mol. The second-order valence-electron chi connectivity index (χ2n) is 24.6. The molecule has 13 rings (SSSR count). The van der Waals surface area contributed by atoms with Gasteiger partial charge in [-0.05, 0) is 142 Å². The number of aromatic nitrogens is 1. The number of benzene rings is 12. The van der Waals surface area contributed by atoms with Crippen molar-refractivity contribution in [1.82, 2.24) is 4.57 Å². The Hall–Kier alpha value is -8.72. The van der Waals surface area contributed by atoms with Crippen molar-refractivity contribution in [2.45, 2.75) is 78.6 Å². The fourth-order valence-corrected chi connectivity index (χ4v) is 12.1. The Morgan fingerprint density at radius 2 is 0.833 bits per heavy atom. The van der Waals surface area contributed by atoms with Gasteiger partial charge >= 0.3 is 0 Å². The third-order valence-electron chi connectivity index (χ3n) is 16.4. The van der Waals surface area contributed by atoms with E-state index in [9.17, 15) is 0 Å². The lowest BCUT2D eigenvalue weighted by Crippen LogP contribution is -2.16. The minimum atomic E-state index is -0.129. The average Bonchev–Trinajstić information content (AvgIpc) is 3.96. The monoisotopic (exact) mass is 1010 g/mol. The van der Waals surface area contributed by atoms with E-state index in [1.54, 1.807) is 0 Å². The first-order chi connectivity index (χ1) is 37.6. The first kappa shape index (κ1) is 48.9. The zero-order valence-corrected chi connectivity index (χ0v) is 46.4. The highest BCUT2D eigenvalue weighted by atomic mass is 15.1. The quantitative estimate of drug-likeness (QED) is 0.138. The summed E-state index contributed by atoms with van der Waals surface area (Å²) in [4.78, 5) is 2.58. The summed E-state index contributed by atoms with van der Waals surface area (Å²) in [5.74, 6) is 0. The lowest BCUT2D eigenvalue weighted by molar-refractivity contribution is 0.590. The second-order valence-corrected chi connectivity index (χ2v) is 24.6. The Morgan fingerprint density at radius 1 is 0.295 bits per heavy atom. The summed E-state index contributed by atoms with van der Waals surface area (Å²) in [6.45, 7) is 20.8. The van der Waals surface area contributed by atoms with Crippen LogP contribution in [0.25, 0.3) is 104 Å². The lowest BCUT2D eigenvalue weighted by atomic mass is 9.83. The van der Waals surface area contributed by atoms with Crippen LogP contribution in [0.5, 0.6) is 0 Å². The maximum atomic E-state index is 2.58. The molecule has 0 unspecified atom stereocenters. The number of fused-ring (bicyclic) bond motifs is 3. The molecule has 0 saturated heterocycles. The topological polar surface area (TPSA) is 8.17 Å². The van der Waals surface area contributed by atoms with E-state index in [0.717, 1.165) is 17.1 Å². The molecule has 0 aliphatic carbocycles. The number of anilines is 3. The van der Waals surface area contributed by atoms with E-state index in [1.165, 1.54) is 121 Å². The van der Waals surface area contributed by atoms with E-state index in [4.69, 9.17) is 0 Å². The lowest BCUT2D eigenvalue weighted by Gasteiger charge is -2.32. The van der Waals surface area contributed by atoms with Gasteiger partial charge in [0.1, 0.15) is 0 Å². The minimum absolute atomic E-state index is 0.0491. The summed E-state index contributed by atoms with van der Waals surface area (Å²) in [5, 5.41) is 9.96. The Labute approximate surface area is 460 Å². The standard InChI is InChI=1S/C76H66N2/c1-74(2,3)56-36-30-50(31-37-56)60-24-13-14-25-61(60)64-41-38-57(75(4,5)6)48-71(64)77(59-23-19-22-53(47-59)55-44-54(49-20-11-10-12-21-49)45-58(46-55)76(7,8)9)69-42-34-51-33-40-66-70(43-35-52-32-39-65(69)72(51)73(52)66)78-67-28-17-15-26-62(67)63-27-16-18-29-68(63)78/h10-48H,1-9H3. The number of rotatable bonds is 8. The van der Waals surface area contributed by atoms with Crippen LogP contribution < -0.4 is 4.90 Å². The third kappa shape index (κ3) is 8.43. The van der Waals surface area contributed by atoms with E-state index < -0.39 is 0 Å². The highest BCUT2D eigenvalue weighted by Gasteiger charge is 2.27. The molecule has 1 heterocycles. The number of para-hydroxylation sites is 2. The van der Waals surface area contributed by atoms with Crippen LogP contribution in [0.3, 0.4) is 0 Å². The van der Waals surface area contributed by atoms with Crippen LogP contribution in [0, 0.1) is 0 Å². The van der Waals surface area contributed by atoms with Crippen molar-refractivity contribution in [2.24, 2.45) is 0 Å². The van der Waals surface area contributed by atoms with E-state index in [1.807, 2.05) is 0 Å². The molecule has 0 aliphatic rings. The van der Waals surface area contributed by atoms with Crippen molar-refractivity contribution in [2.75, 3.05) is 4.90 Å². The minimum Gasteiger partial charge on any atom is -0.309 e. The molecule has 0 spiro atoms. The van der Waals surface area contributed by atoms with Crippen molar-refractivity contribution in [1.29, 1.82) is 0 Å². The molecule has 2 nitrogen and oxygen atoms in total. The zero-order chi connectivity index (χ0) is 53.7. The van der Waals surface area contributed by atoms with Crippen molar-refractivity contribution in [3.8, 4) is 50.2 Å². The van der Waals surface area contributed by atoms with Crippen LogP contribution in [0.1, 0.15) is 79.0 Å². The molecule has 0 atom stereocenters. The SMILES string of the molecule is CC(C)(C)c1ccc(-c2ccccc2-c2ccc(C(C)(C)C)cc2N(c2cccc(-c3cc(-c4ccccc4)cc(C(C)(C)C)c3)c2)c2ccc3ccc4c(-n5c6ccccc6c6ccccc65)ccc5ccc2c3c54)cc1. The predicted molar refractivity (Wildman–Crippen MR) is 337 cm³/mol. The van der Waals surface area contributed by atoms with Crippen LogP contribution in [0.4, 0.5) is 17.1 Å². The molecule has 2 heteroatoms. The number of nitrogens with zero attached hydrogens (tertiary/aromatic N) is 2. The fourth-order valence-electron chi connectivity index (χ4n) is 12.1. The summed E-state index contributed by atoms with van der Waals surface area (Å²) >= 11 is 0. The van der Waals surface area contributed by atoms with Crippen molar-refractivity contribution < 1.29 is 0 Å². The largest absolute Gasteiger partial charge is 0.309 e. The van der Waals surface area contributed by atoms with E-state index >= 15 is 0 Å². The maximum absolute atomic E-state index is 2.58. The van der Waals surface area contributed by atoms with Gasteiger partial charge in [0.2, 0.25) is 0 Å². The van der Waals surface area contributed by atoms with E-state index in [-0.39, 0.29) is 16.2 Å². The van der Waals surface area contributed by atoms with Gasteiger partial charge in [-0.15, -0.1) is 0 Å². The van der Waals surface area contributed by atoms with Gasteiger partial charge < -0.3 is 9.47 Å². The summed E-state index contributed by atoms with van der Waals surface area (Å²) < 4.78 is 2.48. The van der Waals surface area contributed by atoms with Gasteiger partial charge in [0, 0.05) is 32.8 Å².